The Kier molecular flexibility index (Phi) is 5.64. The van der Waals surface area contributed by atoms with Crippen molar-refractivity contribution in [2.75, 3.05) is 0 Å². The highest BCUT2D eigenvalue weighted by Gasteiger charge is 2.21. The van der Waals surface area contributed by atoms with Crippen LogP contribution < -0.4 is 11.1 Å². The van der Waals surface area contributed by atoms with Crippen LogP contribution in [0.25, 0.3) is 0 Å². The third-order valence-corrected chi connectivity index (χ3v) is 2.99. The van der Waals surface area contributed by atoms with E-state index >= 15 is 0 Å². The molecule has 2 rings (SSSR count). The highest BCUT2D eigenvalue weighted by Crippen LogP contribution is 2.18. The summed E-state index contributed by atoms with van der Waals surface area (Å²) in [7, 11) is 0. The van der Waals surface area contributed by atoms with Crippen molar-refractivity contribution in [3.63, 3.8) is 0 Å². The number of halogens is 3. The molecule has 1 aromatic carbocycles. The maximum absolute atomic E-state index is 13.2. The molecule has 6 heteroatoms. The van der Waals surface area contributed by atoms with Crippen LogP contribution >= 0.6 is 39.9 Å². The lowest BCUT2D eigenvalue weighted by Crippen LogP contribution is -2.33. The summed E-state index contributed by atoms with van der Waals surface area (Å²) in [6, 6.07) is 5.44. The fraction of sp³-hybridized carbons (Fsp3) is 0.364. The maximum atomic E-state index is 13.2. The quantitative estimate of drug-likeness (QED) is 0.454. The molecule has 0 aliphatic heterocycles. The molecular formula is C11H14BrFIN3. The Bertz CT molecular complexity index is 421. The lowest BCUT2D eigenvalue weighted by atomic mass is 10.2. The monoisotopic (exact) mass is 413 g/mol. The SMILES string of the molecule is I.NC(=NCc1ccc(Br)c(F)c1)NC1CC1. The van der Waals surface area contributed by atoms with Gasteiger partial charge in [-0.2, -0.15) is 0 Å². The maximum Gasteiger partial charge on any atom is 0.189 e. The van der Waals surface area contributed by atoms with Gasteiger partial charge < -0.3 is 11.1 Å². The molecule has 0 bridgehead atoms. The molecule has 1 aliphatic rings. The van der Waals surface area contributed by atoms with E-state index in [1.807, 2.05) is 6.07 Å². The van der Waals surface area contributed by atoms with Gasteiger partial charge in [-0.05, 0) is 46.5 Å². The number of guanidine groups is 1. The van der Waals surface area contributed by atoms with Crippen LogP contribution in [0.2, 0.25) is 0 Å². The van der Waals surface area contributed by atoms with Crippen molar-refractivity contribution in [2.24, 2.45) is 10.7 Å². The van der Waals surface area contributed by atoms with Gasteiger partial charge in [0.15, 0.2) is 5.96 Å². The summed E-state index contributed by atoms with van der Waals surface area (Å²) in [5, 5.41) is 3.07. The zero-order chi connectivity index (χ0) is 11.5. The van der Waals surface area contributed by atoms with E-state index in [0.29, 0.717) is 23.0 Å². The minimum Gasteiger partial charge on any atom is -0.370 e. The van der Waals surface area contributed by atoms with Crippen LogP contribution in [0.3, 0.4) is 0 Å². The zero-order valence-electron chi connectivity index (χ0n) is 9.12. The van der Waals surface area contributed by atoms with Gasteiger partial charge in [-0.25, -0.2) is 9.38 Å². The molecule has 0 heterocycles. The molecule has 0 radical (unpaired) electrons. The molecule has 0 amide bonds. The summed E-state index contributed by atoms with van der Waals surface area (Å²) in [6.45, 7) is 0.399. The van der Waals surface area contributed by atoms with Crippen molar-refractivity contribution in [3.8, 4) is 0 Å². The van der Waals surface area contributed by atoms with Crippen molar-refractivity contribution < 1.29 is 4.39 Å². The fourth-order valence-electron chi connectivity index (χ4n) is 1.30. The molecule has 1 aliphatic carbocycles. The lowest BCUT2D eigenvalue weighted by Gasteiger charge is -2.03. The van der Waals surface area contributed by atoms with Crippen molar-refractivity contribution >= 4 is 45.9 Å². The molecule has 3 N–H and O–H groups in total. The summed E-state index contributed by atoms with van der Waals surface area (Å²) in [5.41, 5.74) is 6.47. The minimum absolute atomic E-state index is 0. The van der Waals surface area contributed by atoms with Gasteiger partial charge in [0.25, 0.3) is 0 Å². The third kappa shape index (κ3) is 4.79. The predicted molar refractivity (Wildman–Crippen MR) is 81.0 cm³/mol. The van der Waals surface area contributed by atoms with Crippen LogP contribution in [0.4, 0.5) is 4.39 Å². The number of aliphatic imine (C=N–C) groups is 1. The number of nitrogens with zero attached hydrogens (tertiary/aromatic N) is 1. The Morgan fingerprint density at radius 2 is 2.24 bits per heavy atom. The first kappa shape index (κ1) is 14.7. The second kappa shape index (κ2) is 6.53. The summed E-state index contributed by atoms with van der Waals surface area (Å²) in [5.74, 6) is 0.159. The van der Waals surface area contributed by atoms with Crippen molar-refractivity contribution in [1.82, 2.24) is 5.32 Å². The van der Waals surface area contributed by atoms with Gasteiger partial charge in [-0.3, -0.25) is 0 Å². The number of hydrogen-bond acceptors (Lipinski definition) is 1. The van der Waals surface area contributed by atoms with E-state index in [2.05, 4.69) is 26.2 Å². The van der Waals surface area contributed by atoms with Crippen LogP contribution in [0, 0.1) is 5.82 Å². The summed E-state index contributed by atoms with van der Waals surface area (Å²) in [6.07, 6.45) is 2.31. The third-order valence-electron chi connectivity index (χ3n) is 2.35. The lowest BCUT2D eigenvalue weighted by molar-refractivity contribution is 0.618. The van der Waals surface area contributed by atoms with Gasteiger partial charge in [0.2, 0.25) is 0 Å². The van der Waals surface area contributed by atoms with Crippen LogP contribution in [0.5, 0.6) is 0 Å². The van der Waals surface area contributed by atoms with E-state index in [1.54, 1.807) is 6.07 Å². The Hall–Kier alpha value is -0.370. The summed E-state index contributed by atoms with van der Waals surface area (Å²) >= 11 is 3.10. The molecule has 3 nitrogen and oxygen atoms in total. The largest absolute Gasteiger partial charge is 0.370 e. The van der Waals surface area contributed by atoms with Crippen LogP contribution in [0.1, 0.15) is 18.4 Å². The van der Waals surface area contributed by atoms with Crippen molar-refractivity contribution in [2.45, 2.75) is 25.4 Å². The Morgan fingerprint density at radius 1 is 1.53 bits per heavy atom. The molecule has 0 aromatic heterocycles. The van der Waals surface area contributed by atoms with Gasteiger partial charge in [0.1, 0.15) is 5.82 Å². The van der Waals surface area contributed by atoms with Crippen LogP contribution in [0.15, 0.2) is 27.7 Å². The summed E-state index contributed by atoms with van der Waals surface area (Å²) < 4.78 is 13.6. The molecule has 0 spiro atoms. The second-order valence-corrected chi connectivity index (χ2v) is 4.72. The van der Waals surface area contributed by atoms with E-state index in [9.17, 15) is 4.39 Å². The highest BCUT2D eigenvalue weighted by atomic mass is 127. The average molecular weight is 414 g/mol. The number of nitrogens with two attached hydrogens (primary N) is 1. The molecule has 1 saturated carbocycles. The van der Waals surface area contributed by atoms with E-state index < -0.39 is 0 Å². The first-order valence-electron chi connectivity index (χ1n) is 5.15. The zero-order valence-corrected chi connectivity index (χ0v) is 13.0. The second-order valence-electron chi connectivity index (χ2n) is 3.87. The number of rotatable bonds is 3. The number of nitrogens with one attached hydrogen (secondary N) is 1. The molecule has 0 atom stereocenters. The van der Waals surface area contributed by atoms with E-state index in [4.69, 9.17) is 5.73 Å². The molecule has 0 unspecified atom stereocenters. The topological polar surface area (TPSA) is 50.4 Å². The molecule has 1 aromatic rings. The first-order valence-corrected chi connectivity index (χ1v) is 5.95. The summed E-state index contributed by atoms with van der Waals surface area (Å²) in [4.78, 5) is 4.15. The molecule has 17 heavy (non-hydrogen) atoms. The van der Waals surface area contributed by atoms with Gasteiger partial charge in [-0.15, -0.1) is 24.0 Å². The number of hydrogen-bond donors (Lipinski definition) is 2. The highest BCUT2D eigenvalue weighted by molar-refractivity contribution is 14.0. The fourth-order valence-corrected chi connectivity index (χ4v) is 1.54. The minimum atomic E-state index is -0.276. The molecule has 1 fully saturated rings. The van der Waals surface area contributed by atoms with Gasteiger partial charge in [0, 0.05) is 6.04 Å². The molecule has 0 saturated heterocycles. The van der Waals surface area contributed by atoms with Crippen LogP contribution in [-0.2, 0) is 6.54 Å². The van der Waals surface area contributed by atoms with E-state index in [-0.39, 0.29) is 29.8 Å². The Morgan fingerprint density at radius 3 is 2.82 bits per heavy atom. The van der Waals surface area contributed by atoms with E-state index in [0.717, 1.165) is 18.4 Å². The average Bonchev–Trinajstić information content (AvgIpc) is 3.04. The van der Waals surface area contributed by atoms with Gasteiger partial charge in [-0.1, -0.05) is 6.07 Å². The number of benzene rings is 1. The first-order chi connectivity index (χ1) is 7.65. The molecular weight excluding hydrogens is 400 g/mol. The normalized spacial score (nSPS) is 15.3. The predicted octanol–water partition coefficient (Wildman–Crippen LogP) is 2.77. The van der Waals surface area contributed by atoms with Gasteiger partial charge >= 0.3 is 0 Å². The van der Waals surface area contributed by atoms with E-state index in [1.165, 1.54) is 6.07 Å². The smallest absolute Gasteiger partial charge is 0.189 e. The van der Waals surface area contributed by atoms with Crippen molar-refractivity contribution in [1.29, 1.82) is 0 Å². The Balaban J connectivity index is 0.00000144. The van der Waals surface area contributed by atoms with Gasteiger partial charge in [0.05, 0.1) is 11.0 Å². The Labute approximate surface area is 125 Å². The standard InChI is InChI=1S/C11H13BrFN3.HI/c12-9-4-1-7(5-10(9)13)6-15-11(14)16-8-2-3-8;/h1,4-5,8H,2-3,6H2,(H3,14,15,16);1H. The van der Waals surface area contributed by atoms with Crippen LogP contribution in [-0.4, -0.2) is 12.0 Å². The van der Waals surface area contributed by atoms with Crippen molar-refractivity contribution in [3.05, 3.63) is 34.1 Å². The molecule has 94 valence electrons.